The van der Waals surface area contributed by atoms with Crippen LogP contribution in [-0.4, -0.2) is 33.2 Å². The van der Waals surface area contributed by atoms with Crippen LogP contribution in [0.25, 0.3) is 11.0 Å². The summed E-state index contributed by atoms with van der Waals surface area (Å²) in [6.07, 6.45) is 0. The quantitative estimate of drug-likeness (QED) is 0.815. The van der Waals surface area contributed by atoms with Gasteiger partial charge in [-0.3, -0.25) is 18.7 Å². The standard InChI is InChI=1S/C12H11N3O4/c1-13-7-3-2-4-8-11(7)15(5-9(13)16)12(19)14(8)6-10(17)18/h2-4H,5-6H2,1H3,(H,17,18). The minimum Gasteiger partial charge on any atom is -0.480 e. The smallest absolute Gasteiger partial charge is 0.330 e. The summed E-state index contributed by atoms with van der Waals surface area (Å²) < 4.78 is 2.50. The second-order valence-electron chi connectivity index (χ2n) is 4.45. The molecule has 1 N–H and O–H groups in total. The first-order valence-electron chi connectivity index (χ1n) is 5.71. The Balaban J connectivity index is 2.40. The van der Waals surface area contributed by atoms with Crippen molar-refractivity contribution in [1.29, 1.82) is 0 Å². The van der Waals surface area contributed by atoms with Crippen molar-refractivity contribution < 1.29 is 14.7 Å². The molecule has 19 heavy (non-hydrogen) atoms. The van der Waals surface area contributed by atoms with Crippen LogP contribution >= 0.6 is 0 Å². The second kappa shape index (κ2) is 3.71. The molecule has 2 aromatic rings. The molecule has 7 nitrogen and oxygen atoms in total. The van der Waals surface area contributed by atoms with Crippen molar-refractivity contribution in [3.8, 4) is 0 Å². The Labute approximate surface area is 107 Å². The van der Waals surface area contributed by atoms with Crippen LogP contribution in [0.4, 0.5) is 5.69 Å². The number of aromatic nitrogens is 2. The SMILES string of the molecule is CN1C(=O)Cn2c(=O)n(CC(=O)O)c3cccc1c32. The Morgan fingerprint density at radius 3 is 2.79 bits per heavy atom. The van der Waals surface area contributed by atoms with Gasteiger partial charge in [-0.25, -0.2) is 4.79 Å². The van der Waals surface area contributed by atoms with Gasteiger partial charge in [-0.05, 0) is 12.1 Å². The zero-order chi connectivity index (χ0) is 13.7. The molecule has 0 spiro atoms. The van der Waals surface area contributed by atoms with Gasteiger partial charge in [-0.15, -0.1) is 0 Å². The number of carbonyl (C=O) groups excluding carboxylic acids is 1. The number of amides is 1. The lowest BCUT2D eigenvalue weighted by Crippen LogP contribution is -2.38. The van der Waals surface area contributed by atoms with Crippen molar-refractivity contribution in [2.75, 3.05) is 11.9 Å². The molecule has 2 heterocycles. The maximum Gasteiger partial charge on any atom is 0.330 e. The Bertz CT molecular complexity index is 771. The molecule has 1 aliphatic heterocycles. The van der Waals surface area contributed by atoms with Crippen LogP contribution < -0.4 is 10.6 Å². The summed E-state index contributed by atoms with van der Waals surface area (Å²) in [5, 5.41) is 8.88. The van der Waals surface area contributed by atoms with Gasteiger partial charge in [0.1, 0.15) is 13.1 Å². The van der Waals surface area contributed by atoms with E-state index in [9.17, 15) is 14.4 Å². The molecule has 7 heteroatoms. The van der Waals surface area contributed by atoms with E-state index in [0.29, 0.717) is 16.7 Å². The third kappa shape index (κ3) is 1.48. The van der Waals surface area contributed by atoms with E-state index in [1.54, 1.807) is 25.2 Å². The van der Waals surface area contributed by atoms with Crippen LogP contribution in [0.3, 0.4) is 0 Å². The second-order valence-corrected chi connectivity index (χ2v) is 4.45. The average molecular weight is 261 g/mol. The van der Waals surface area contributed by atoms with Crippen LogP contribution in [0, 0.1) is 0 Å². The van der Waals surface area contributed by atoms with Crippen molar-refractivity contribution >= 4 is 28.6 Å². The number of hydrogen-bond acceptors (Lipinski definition) is 3. The van der Waals surface area contributed by atoms with E-state index in [0.717, 1.165) is 0 Å². The van der Waals surface area contributed by atoms with E-state index in [2.05, 4.69) is 0 Å². The largest absolute Gasteiger partial charge is 0.480 e. The predicted octanol–water partition coefficient (Wildman–Crippen LogP) is -0.136. The lowest BCUT2D eigenvalue weighted by atomic mass is 10.2. The number of aliphatic carboxylic acids is 1. The summed E-state index contributed by atoms with van der Waals surface area (Å²) >= 11 is 0. The third-order valence-corrected chi connectivity index (χ3v) is 3.34. The first kappa shape index (κ1) is 11.5. The maximum absolute atomic E-state index is 12.2. The molecule has 0 bridgehead atoms. The fourth-order valence-electron chi connectivity index (χ4n) is 2.44. The number of imidazole rings is 1. The Hall–Kier alpha value is -2.57. The van der Waals surface area contributed by atoms with Crippen LogP contribution in [-0.2, 0) is 22.7 Å². The monoisotopic (exact) mass is 261 g/mol. The maximum atomic E-state index is 12.2. The van der Waals surface area contributed by atoms with E-state index in [1.165, 1.54) is 14.0 Å². The molecule has 0 atom stereocenters. The number of anilines is 1. The molecule has 0 radical (unpaired) electrons. The molecule has 0 saturated heterocycles. The van der Waals surface area contributed by atoms with Crippen LogP contribution in [0.15, 0.2) is 23.0 Å². The van der Waals surface area contributed by atoms with Crippen molar-refractivity contribution in [3.63, 3.8) is 0 Å². The number of carboxylic acid groups (broad SMARTS) is 1. The number of carboxylic acids is 1. The molecule has 0 unspecified atom stereocenters. The van der Waals surface area contributed by atoms with E-state index < -0.39 is 18.2 Å². The molecule has 3 rings (SSSR count). The van der Waals surface area contributed by atoms with E-state index in [4.69, 9.17) is 5.11 Å². The lowest BCUT2D eigenvalue weighted by Gasteiger charge is -2.23. The average Bonchev–Trinajstić information content (AvgIpc) is 2.62. The highest BCUT2D eigenvalue weighted by Gasteiger charge is 2.27. The minimum atomic E-state index is -1.09. The molecule has 0 aliphatic carbocycles. The number of nitrogens with zero attached hydrogens (tertiary/aromatic N) is 3. The molecule has 98 valence electrons. The number of hydrogen-bond donors (Lipinski definition) is 1. The summed E-state index contributed by atoms with van der Waals surface area (Å²) in [6, 6.07) is 5.12. The summed E-state index contributed by atoms with van der Waals surface area (Å²) in [4.78, 5) is 36.3. The highest BCUT2D eigenvalue weighted by atomic mass is 16.4. The van der Waals surface area contributed by atoms with Crippen molar-refractivity contribution in [3.05, 3.63) is 28.7 Å². The molecule has 0 fully saturated rings. The van der Waals surface area contributed by atoms with Gasteiger partial charge < -0.3 is 10.0 Å². The zero-order valence-corrected chi connectivity index (χ0v) is 10.2. The predicted molar refractivity (Wildman–Crippen MR) is 67.2 cm³/mol. The van der Waals surface area contributed by atoms with Gasteiger partial charge in [0.25, 0.3) is 0 Å². The summed E-state index contributed by atoms with van der Waals surface area (Å²) in [7, 11) is 1.64. The Morgan fingerprint density at radius 1 is 1.37 bits per heavy atom. The van der Waals surface area contributed by atoms with Gasteiger partial charge in [0.05, 0.1) is 16.7 Å². The van der Waals surface area contributed by atoms with Gasteiger partial charge >= 0.3 is 11.7 Å². The van der Waals surface area contributed by atoms with Crippen LogP contribution in [0.5, 0.6) is 0 Å². The summed E-state index contributed by atoms with van der Waals surface area (Å²) in [5.41, 5.74) is 1.29. The lowest BCUT2D eigenvalue weighted by molar-refractivity contribution is -0.137. The molecule has 1 aromatic carbocycles. The third-order valence-electron chi connectivity index (χ3n) is 3.34. The molecule has 1 aliphatic rings. The first-order chi connectivity index (χ1) is 9.00. The van der Waals surface area contributed by atoms with Gasteiger partial charge in [-0.2, -0.15) is 0 Å². The minimum absolute atomic E-state index is 0.0601. The molecule has 1 aromatic heterocycles. The van der Waals surface area contributed by atoms with Crippen LogP contribution in [0.2, 0.25) is 0 Å². The van der Waals surface area contributed by atoms with E-state index in [-0.39, 0.29) is 12.5 Å². The van der Waals surface area contributed by atoms with Gasteiger partial charge in [0.15, 0.2) is 0 Å². The molecule has 0 saturated carbocycles. The fraction of sp³-hybridized carbons (Fsp3) is 0.250. The van der Waals surface area contributed by atoms with Gasteiger partial charge in [0.2, 0.25) is 5.91 Å². The normalized spacial score (nSPS) is 14.2. The zero-order valence-electron chi connectivity index (χ0n) is 10.2. The van der Waals surface area contributed by atoms with E-state index >= 15 is 0 Å². The summed E-state index contributed by atoms with van der Waals surface area (Å²) in [5.74, 6) is -1.29. The number of benzene rings is 1. The van der Waals surface area contributed by atoms with Gasteiger partial charge in [-0.1, -0.05) is 6.07 Å². The Morgan fingerprint density at radius 2 is 2.11 bits per heavy atom. The number of carbonyl (C=O) groups is 2. The highest BCUT2D eigenvalue weighted by Crippen LogP contribution is 2.28. The van der Waals surface area contributed by atoms with Gasteiger partial charge in [0, 0.05) is 7.05 Å². The van der Waals surface area contributed by atoms with Crippen LogP contribution in [0.1, 0.15) is 0 Å². The van der Waals surface area contributed by atoms with E-state index in [1.807, 2.05) is 0 Å². The highest BCUT2D eigenvalue weighted by molar-refractivity contribution is 6.04. The Kier molecular flexibility index (Phi) is 2.25. The van der Waals surface area contributed by atoms with Crippen molar-refractivity contribution in [2.45, 2.75) is 13.1 Å². The molecule has 1 amide bonds. The number of para-hydroxylation sites is 1. The first-order valence-corrected chi connectivity index (χ1v) is 5.71. The summed E-state index contributed by atoms with van der Waals surface area (Å²) in [6.45, 7) is -0.473. The fourth-order valence-corrected chi connectivity index (χ4v) is 2.44. The van der Waals surface area contributed by atoms with Crippen molar-refractivity contribution in [1.82, 2.24) is 9.13 Å². The van der Waals surface area contributed by atoms with Crippen molar-refractivity contribution in [2.24, 2.45) is 0 Å². The number of likely N-dealkylation sites (N-methyl/N-ethyl adjacent to an activating group) is 1. The topological polar surface area (TPSA) is 84.5 Å². The molecular formula is C12H11N3O4. The number of rotatable bonds is 2. The molecular weight excluding hydrogens is 250 g/mol.